The van der Waals surface area contributed by atoms with Gasteiger partial charge >= 0.3 is 0 Å². The van der Waals surface area contributed by atoms with Gasteiger partial charge in [0, 0.05) is 36.6 Å². The van der Waals surface area contributed by atoms with E-state index >= 15 is 0 Å². The highest BCUT2D eigenvalue weighted by atomic mass is 35.5. The van der Waals surface area contributed by atoms with Crippen LogP contribution in [0.4, 0.5) is 0 Å². The van der Waals surface area contributed by atoms with Gasteiger partial charge in [-0.2, -0.15) is 0 Å². The summed E-state index contributed by atoms with van der Waals surface area (Å²) in [6.45, 7) is 2.92. The van der Waals surface area contributed by atoms with Crippen LogP contribution in [0.1, 0.15) is 34.7 Å². The number of hydrogen-bond donors (Lipinski definition) is 2. The molecule has 1 amide bonds. The predicted octanol–water partition coefficient (Wildman–Crippen LogP) is 3.26. The molecule has 0 spiro atoms. The zero-order valence-corrected chi connectivity index (χ0v) is 16.9. The van der Waals surface area contributed by atoms with Gasteiger partial charge in [-0.1, -0.05) is 23.7 Å². The highest BCUT2D eigenvalue weighted by molar-refractivity contribution is 6.30. The molecule has 1 saturated heterocycles. The molecule has 2 aromatic carbocycles. The number of aliphatic hydroxyl groups is 1. The number of nitrogens with one attached hydrogen (secondary N) is 1. The summed E-state index contributed by atoms with van der Waals surface area (Å²) < 4.78 is 5.84. The third-order valence-electron chi connectivity index (χ3n) is 5.13. The van der Waals surface area contributed by atoms with Gasteiger partial charge in [0.1, 0.15) is 5.52 Å². The molecule has 1 atom stereocenters. The third kappa shape index (κ3) is 5.15. The molecule has 1 aliphatic heterocycles. The van der Waals surface area contributed by atoms with Crippen molar-refractivity contribution >= 4 is 28.6 Å². The Kier molecular flexibility index (Phi) is 6.13. The van der Waals surface area contributed by atoms with E-state index in [4.69, 9.17) is 16.0 Å². The van der Waals surface area contributed by atoms with E-state index in [1.54, 1.807) is 18.2 Å². The lowest BCUT2D eigenvalue weighted by molar-refractivity contribution is 0.0703. The third-order valence-corrected chi connectivity index (χ3v) is 5.37. The maximum absolute atomic E-state index is 12.5. The van der Waals surface area contributed by atoms with Crippen molar-refractivity contribution in [2.45, 2.75) is 25.4 Å². The molecule has 1 aliphatic rings. The van der Waals surface area contributed by atoms with Gasteiger partial charge in [-0.15, -0.1) is 0 Å². The number of carbonyl (C=O) groups is 1. The Morgan fingerprint density at radius 2 is 2.21 bits per heavy atom. The Bertz CT molecular complexity index is 1000. The number of rotatable bonds is 6. The van der Waals surface area contributed by atoms with Crippen molar-refractivity contribution in [2.24, 2.45) is 0 Å². The minimum absolute atomic E-state index is 0.141. The van der Waals surface area contributed by atoms with Crippen LogP contribution >= 0.6 is 11.6 Å². The molecule has 29 heavy (non-hydrogen) atoms. The fourth-order valence-corrected chi connectivity index (χ4v) is 3.89. The number of amides is 1. The first-order valence-corrected chi connectivity index (χ1v) is 10.3. The molecule has 0 saturated carbocycles. The lowest BCUT2D eigenvalue weighted by Gasteiger charge is -2.29. The number of piperidine rings is 1. The Morgan fingerprint density at radius 3 is 3.03 bits per heavy atom. The molecular formula is C22H24ClN3O3. The minimum Gasteiger partial charge on any atom is -0.440 e. The van der Waals surface area contributed by atoms with Crippen LogP contribution in [0.3, 0.4) is 0 Å². The van der Waals surface area contributed by atoms with Crippen LogP contribution in [0.5, 0.6) is 0 Å². The Balaban J connectivity index is 1.37. The van der Waals surface area contributed by atoms with E-state index in [0.717, 1.165) is 37.0 Å². The molecular weight excluding hydrogens is 390 g/mol. The number of likely N-dealkylation sites (tertiary alicyclic amines) is 1. The van der Waals surface area contributed by atoms with Gasteiger partial charge in [0.05, 0.1) is 6.10 Å². The first-order chi connectivity index (χ1) is 14.1. The Morgan fingerprint density at radius 1 is 1.31 bits per heavy atom. The quantitative estimate of drug-likeness (QED) is 0.648. The van der Waals surface area contributed by atoms with Crippen LogP contribution in [0.25, 0.3) is 11.1 Å². The van der Waals surface area contributed by atoms with Crippen molar-refractivity contribution in [3.05, 3.63) is 64.5 Å². The summed E-state index contributed by atoms with van der Waals surface area (Å²) in [5.74, 6) is 0.445. The Labute approximate surface area is 174 Å². The summed E-state index contributed by atoms with van der Waals surface area (Å²) in [4.78, 5) is 19.1. The fraction of sp³-hybridized carbons (Fsp3) is 0.364. The summed E-state index contributed by atoms with van der Waals surface area (Å²) in [5.41, 5.74) is 2.88. The number of hydrogen-bond acceptors (Lipinski definition) is 5. The van der Waals surface area contributed by atoms with Crippen LogP contribution < -0.4 is 5.32 Å². The number of nitrogens with zero attached hydrogens (tertiary/aromatic N) is 2. The normalized spacial score (nSPS) is 17.5. The molecule has 0 unspecified atom stereocenters. The van der Waals surface area contributed by atoms with E-state index in [1.165, 1.54) is 0 Å². The SMILES string of the molecule is O=C(NCCN1CCC[C@H](O)C1)c1ccc2nc(Cc3cccc(Cl)c3)oc2c1. The minimum atomic E-state index is -0.255. The molecule has 152 valence electrons. The van der Waals surface area contributed by atoms with Gasteiger partial charge in [-0.05, 0) is 55.3 Å². The number of aromatic nitrogens is 1. The van der Waals surface area contributed by atoms with Crippen LogP contribution in [0.15, 0.2) is 46.9 Å². The fourth-order valence-electron chi connectivity index (χ4n) is 3.67. The summed E-state index contributed by atoms with van der Waals surface area (Å²) in [6.07, 6.45) is 2.14. The maximum atomic E-state index is 12.5. The van der Waals surface area contributed by atoms with E-state index in [2.05, 4.69) is 15.2 Å². The van der Waals surface area contributed by atoms with Crippen LogP contribution in [-0.4, -0.2) is 53.2 Å². The number of β-amino-alcohol motifs (C(OH)–C–C–N with tert-alkyl or cyclic N) is 1. The van der Waals surface area contributed by atoms with E-state index in [1.807, 2.05) is 24.3 Å². The van der Waals surface area contributed by atoms with Crippen molar-refractivity contribution in [2.75, 3.05) is 26.2 Å². The standard InChI is InChI=1S/C22H24ClN3O3/c23-17-4-1-3-15(11-17)12-21-25-19-7-6-16(13-20(19)29-21)22(28)24-8-10-26-9-2-5-18(27)14-26/h1,3-4,6-7,11,13,18,27H,2,5,8-10,12,14H2,(H,24,28)/t18-/m0/s1. The van der Waals surface area contributed by atoms with E-state index in [-0.39, 0.29) is 12.0 Å². The smallest absolute Gasteiger partial charge is 0.251 e. The lowest BCUT2D eigenvalue weighted by atomic mass is 10.1. The van der Waals surface area contributed by atoms with E-state index in [0.29, 0.717) is 41.6 Å². The number of oxazole rings is 1. The average molecular weight is 414 g/mol. The lowest BCUT2D eigenvalue weighted by Crippen LogP contribution is -2.42. The zero-order valence-electron chi connectivity index (χ0n) is 16.1. The monoisotopic (exact) mass is 413 g/mol. The van der Waals surface area contributed by atoms with Gasteiger partial charge in [0.2, 0.25) is 0 Å². The molecule has 0 aliphatic carbocycles. The van der Waals surface area contributed by atoms with Gasteiger partial charge in [0.25, 0.3) is 5.91 Å². The topological polar surface area (TPSA) is 78.6 Å². The Hall–Kier alpha value is -2.41. The molecule has 2 N–H and O–H groups in total. The van der Waals surface area contributed by atoms with Gasteiger partial charge in [0.15, 0.2) is 11.5 Å². The van der Waals surface area contributed by atoms with E-state index in [9.17, 15) is 9.90 Å². The largest absolute Gasteiger partial charge is 0.440 e. The van der Waals surface area contributed by atoms with Crippen molar-refractivity contribution in [1.29, 1.82) is 0 Å². The highest BCUT2D eigenvalue weighted by Crippen LogP contribution is 2.20. The maximum Gasteiger partial charge on any atom is 0.251 e. The van der Waals surface area contributed by atoms with Crippen LogP contribution in [-0.2, 0) is 6.42 Å². The van der Waals surface area contributed by atoms with Crippen LogP contribution in [0, 0.1) is 0 Å². The summed E-state index contributed by atoms with van der Waals surface area (Å²) in [6, 6.07) is 12.9. The summed E-state index contributed by atoms with van der Waals surface area (Å²) in [7, 11) is 0. The number of aliphatic hydroxyl groups excluding tert-OH is 1. The van der Waals surface area contributed by atoms with Crippen molar-refractivity contribution in [3.8, 4) is 0 Å². The predicted molar refractivity (Wildman–Crippen MR) is 112 cm³/mol. The van der Waals surface area contributed by atoms with Gasteiger partial charge in [-0.3, -0.25) is 9.69 Å². The second-order valence-corrected chi connectivity index (χ2v) is 7.89. The molecule has 1 fully saturated rings. The highest BCUT2D eigenvalue weighted by Gasteiger charge is 2.17. The summed E-state index contributed by atoms with van der Waals surface area (Å²) in [5, 5.41) is 13.3. The zero-order chi connectivity index (χ0) is 20.2. The molecule has 0 bridgehead atoms. The number of carbonyl (C=O) groups excluding carboxylic acids is 1. The molecule has 0 radical (unpaired) electrons. The first kappa shape index (κ1) is 19.9. The van der Waals surface area contributed by atoms with Gasteiger partial charge in [-0.25, -0.2) is 4.98 Å². The average Bonchev–Trinajstić information content (AvgIpc) is 3.09. The second-order valence-electron chi connectivity index (χ2n) is 7.45. The molecule has 7 heteroatoms. The van der Waals surface area contributed by atoms with Gasteiger partial charge < -0.3 is 14.8 Å². The number of fused-ring (bicyclic) bond motifs is 1. The molecule has 3 aromatic rings. The van der Waals surface area contributed by atoms with Crippen molar-refractivity contribution < 1.29 is 14.3 Å². The second kappa shape index (κ2) is 8.95. The molecule has 4 rings (SSSR count). The summed E-state index contributed by atoms with van der Waals surface area (Å²) >= 11 is 6.03. The van der Waals surface area contributed by atoms with Crippen LogP contribution in [0.2, 0.25) is 5.02 Å². The number of benzene rings is 2. The van der Waals surface area contributed by atoms with E-state index < -0.39 is 0 Å². The molecule has 2 heterocycles. The van der Waals surface area contributed by atoms with Crippen molar-refractivity contribution in [3.63, 3.8) is 0 Å². The molecule has 1 aromatic heterocycles. The number of halogens is 1. The first-order valence-electron chi connectivity index (χ1n) is 9.89. The molecule has 6 nitrogen and oxygen atoms in total. The van der Waals surface area contributed by atoms with Crippen molar-refractivity contribution in [1.82, 2.24) is 15.2 Å².